The summed E-state index contributed by atoms with van der Waals surface area (Å²) in [4.78, 5) is 0. The second-order valence-electron chi connectivity index (χ2n) is 5.59. The van der Waals surface area contributed by atoms with Crippen LogP contribution in [0.15, 0.2) is 18.2 Å². The van der Waals surface area contributed by atoms with E-state index in [1.807, 2.05) is 18.2 Å². The monoisotopic (exact) mass is 253 g/mol. The lowest BCUT2D eigenvalue weighted by atomic mass is 9.92. The molecule has 17 heavy (non-hydrogen) atoms. The number of anilines is 1. The number of methoxy groups -OCH3 is 1. The summed E-state index contributed by atoms with van der Waals surface area (Å²) >= 11 is 6.18. The Morgan fingerprint density at radius 1 is 1.41 bits per heavy atom. The molecule has 3 heteroatoms. The Morgan fingerprint density at radius 2 is 2.18 bits per heavy atom. The molecule has 2 rings (SSSR count). The zero-order valence-corrected chi connectivity index (χ0v) is 11.5. The van der Waals surface area contributed by atoms with Gasteiger partial charge in [-0.15, -0.1) is 0 Å². The van der Waals surface area contributed by atoms with Crippen molar-refractivity contribution in [3.63, 3.8) is 0 Å². The van der Waals surface area contributed by atoms with Crippen molar-refractivity contribution >= 4 is 17.3 Å². The molecule has 0 bridgehead atoms. The Labute approximate surface area is 108 Å². The summed E-state index contributed by atoms with van der Waals surface area (Å²) in [6.45, 7) is 4.64. The Balaban J connectivity index is 2.08. The van der Waals surface area contributed by atoms with E-state index in [9.17, 15) is 0 Å². The fraction of sp³-hybridized carbons (Fsp3) is 0.571. The quantitative estimate of drug-likeness (QED) is 0.865. The fourth-order valence-electron chi connectivity index (χ4n) is 2.52. The van der Waals surface area contributed by atoms with Crippen LogP contribution in [0.5, 0.6) is 5.75 Å². The molecule has 1 saturated carbocycles. The van der Waals surface area contributed by atoms with Gasteiger partial charge in [0, 0.05) is 12.1 Å². The Hall–Kier alpha value is -0.890. The minimum atomic E-state index is 0.447. The number of ether oxygens (including phenoxy) is 1. The molecular formula is C14H20ClNO. The molecule has 1 aliphatic carbocycles. The van der Waals surface area contributed by atoms with Gasteiger partial charge in [0.1, 0.15) is 5.75 Å². The average Bonchev–Trinajstić information content (AvgIpc) is 2.61. The third-order valence-electron chi connectivity index (χ3n) is 3.50. The molecule has 0 amide bonds. The highest BCUT2D eigenvalue weighted by atomic mass is 35.5. The third kappa shape index (κ3) is 3.06. The number of hydrogen-bond donors (Lipinski definition) is 1. The molecule has 0 saturated heterocycles. The SMILES string of the molecule is COc1ccc(Cl)c(NC2CCC(C)(C)C2)c1. The molecule has 0 radical (unpaired) electrons. The van der Waals surface area contributed by atoms with Crippen molar-refractivity contribution < 1.29 is 4.74 Å². The maximum absolute atomic E-state index is 6.18. The molecule has 0 aromatic heterocycles. The normalized spacial score (nSPS) is 22.5. The van der Waals surface area contributed by atoms with Crippen molar-refractivity contribution in [2.24, 2.45) is 5.41 Å². The van der Waals surface area contributed by atoms with Gasteiger partial charge >= 0.3 is 0 Å². The van der Waals surface area contributed by atoms with Gasteiger partial charge in [-0.3, -0.25) is 0 Å². The predicted molar refractivity (Wildman–Crippen MR) is 73.0 cm³/mol. The summed E-state index contributed by atoms with van der Waals surface area (Å²) in [5, 5.41) is 4.29. The van der Waals surface area contributed by atoms with E-state index in [2.05, 4.69) is 19.2 Å². The summed E-state index contributed by atoms with van der Waals surface area (Å²) in [6, 6.07) is 6.25. The molecule has 1 unspecified atom stereocenters. The number of hydrogen-bond acceptors (Lipinski definition) is 2. The summed E-state index contributed by atoms with van der Waals surface area (Å²) in [5.41, 5.74) is 1.43. The standard InChI is InChI=1S/C14H20ClNO/c1-14(2)7-6-10(9-14)16-13-8-11(17-3)4-5-12(13)15/h4-5,8,10,16H,6-7,9H2,1-3H3. The van der Waals surface area contributed by atoms with Crippen LogP contribution in [0, 0.1) is 5.41 Å². The minimum Gasteiger partial charge on any atom is -0.497 e. The van der Waals surface area contributed by atoms with Crippen LogP contribution in [-0.2, 0) is 0 Å². The van der Waals surface area contributed by atoms with Crippen molar-refractivity contribution in [1.29, 1.82) is 0 Å². The van der Waals surface area contributed by atoms with Gasteiger partial charge in [-0.05, 0) is 36.8 Å². The second kappa shape index (κ2) is 4.77. The van der Waals surface area contributed by atoms with E-state index in [0.717, 1.165) is 16.5 Å². The van der Waals surface area contributed by atoms with Crippen LogP contribution in [0.25, 0.3) is 0 Å². The van der Waals surface area contributed by atoms with Gasteiger partial charge in [-0.1, -0.05) is 25.4 Å². The van der Waals surface area contributed by atoms with Crippen LogP contribution in [-0.4, -0.2) is 13.2 Å². The summed E-state index contributed by atoms with van der Waals surface area (Å²) in [5.74, 6) is 0.842. The molecular weight excluding hydrogens is 234 g/mol. The zero-order valence-electron chi connectivity index (χ0n) is 10.7. The van der Waals surface area contributed by atoms with Gasteiger partial charge < -0.3 is 10.1 Å². The molecule has 0 heterocycles. The highest BCUT2D eigenvalue weighted by Crippen LogP contribution is 2.39. The maximum atomic E-state index is 6.18. The van der Waals surface area contributed by atoms with Crippen LogP contribution < -0.4 is 10.1 Å². The first kappa shape index (κ1) is 12.6. The predicted octanol–water partition coefficient (Wildman–Crippen LogP) is 4.34. The first-order valence-corrected chi connectivity index (χ1v) is 6.48. The van der Waals surface area contributed by atoms with Crippen LogP contribution >= 0.6 is 11.6 Å². The average molecular weight is 254 g/mol. The number of nitrogens with one attached hydrogen (secondary N) is 1. The minimum absolute atomic E-state index is 0.447. The molecule has 1 aliphatic rings. The van der Waals surface area contributed by atoms with Gasteiger partial charge in [-0.25, -0.2) is 0 Å². The summed E-state index contributed by atoms with van der Waals surface area (Å²) < 4.78 is 5.22. The van der Waals surface area contributed by atoms with Crippen molar-refractivity contribution in [2.75, 3.05) is 12.4 Å². The maximum Gasteiger partial charge on any atom is 0.121 e. The van der Waals surface area contributed by atoms with Crippen molar-refractivity contribution in [3.8, 4) is 5.75 Å². The highest BCUT2D eigenvalue weighted by Gasteiger charge is 2.30. The molecule has 94 valence electrons. The highest BCUT2D eigenvalue weighted by molar-refractivity contribution is 6.33. The summed E-state index contributed by atoms with van der Waals surface area (Å²) in [7, 11) is 1.67. The fourth-order valence-corrected chi connectivity index (χ4v) is 2.69. The molecule has 1 N–H and O–H groups in total. The molecule has 0 spiro atoms. The Morgan fingerprint density at radius 3 is 2.76 bits per heavy atom. The molecule has 1 aromatic carbocycles. The van der Waals surface area contributed by atoms with E-state index in [-0.39, 0.29) is 0 Å². The third-order valence-corrected chi connectivity index (χ3v) is 3.83. The van der Waals surface area contributed by atoms with E-state index >= 15 is 0 Å². The molecule has 1 fully saturated rings. The topological polar surface area (TPSA) is 21.3 Å². The van der Waals surface area contributed by atoms with E-state index in [1.54, 1.807) is 7.11 Å². The zero-order chi connectivity index (χ0) is 12.5. The van der Waals surface area contributed by atoms with Gasteiger partial charge in [-0.2, -0.15) is 0 Å². The lowest BCUT2D eigenvalue weighted by Gasteiger charge is -2.19. The van der Waals surface area contributed by atoms with Gasteiger partial charge in [0.2, 0.25) is 0 Å². The largest absolute Gasteiger partial charge is 0.497 e. The molecule has 1 atom stereocenters. The lowest BCUT2D eigenvalue weighted by molar-refractivity contribution is 0.378. The van der Waals surface area contributed by atoms with Crippen LogP contribution in [0.2, 0.25) is 5.02 Å². The van der Waals surface area contributed by atoms with Crippen LogP contribution in [0.1, 0.15) is 33.1 Å². The Kier molecular flexibility index (Phi) is 3.53. The molecule has 2 nitrogen and oxygen atoms in total. The van der Waals surface area contributed by atoms with Gasteiger partial charge in [0.15, 0.2) is 0 Å². The first-order valence-electron chi connectivity index (χ1n) is 6.10. The first-order chi connectivity index (χ1) is 8.00. The number of benzene rings is 1. The molecule has 0 aliphatic heterocycles. The van der Waals surface area contributed by atoms with E-state index in [4.69, 9.17) is 16.3 Å². The number of halogens is 1. The van der Waals surface area contributed by atoms with Crippen LogP contribution in [0.4, 0.5) is 5.69 Å². The van der Waals surface area contributed by atoms with E-state index in [1.165, 1.54) is 19.3 Å². The van der Waals surface area contributed by atoms with Gasteiger partial charge in [0.25, 0.3) is 0 Å². The van der Waals surface area contributed by atoms with E-state index < -0.39 is 0 Å². The van der Waals surface area contributed by atoms with Crippen molar-refractivity contribution in [2.45, 2.75) is 39.2 Å². The molecule has 1 aromatic rings. The lowest BCUT2D eigenvalue weighted by Crippen LogP contribution is -2.17. The Bertz CT molecular complexity index is 403. The second-order valence-corrected chi connectivity index (χ2v) is 6.00. The smallest absolute Gasteiger partial charge is 0.121 e. The van der Waals surface area contributed by atoms with Crippen molar-refractivity contribution in [1.82, 2.24) is 0 Å². The van der Waals surface area contributed by atoms with Crippen molar-refractivity contribution in [3.05, 3.63) is 23.2 Å². The van der Waals surface area contributed by atoms with Crippen LogP contribution in [0.3, 0.4) is 0 Å². The summed E-state index contributed by atoms with van der Waals surface area (Å²) in [6.07, 6.45) is 3.67. The van der Waals surface area contributed by atoms with E-state index in [0.29, 0.717) is 11.5 Å². The number of rotatable bonds is 3. The van der Waals surface area contributed by atoms with Gasteiger partial charge in [0.05, 0.1) is 17.8 Å².